The Balaban J connectivity index is 2.14. The maximum absolute atomic E-state index is 12.5. The summed E-state index contributed by atoms with van der Waals surface area (Å²) in [5.41, 5.74) is 1.36. The number of rotatable bonds is 8. The highest BCUT2D eigenvalue weighted by Crippen LogP contribution is 2.29. The summed E-state index contributed by atoms with van der Waals surface area (Å²) in [7, 11) is 3.10. The van der Waals surface area contributed by atoms with Crippen molar-refractivity contribution in [2.45, 2.75) is 13.3 Å². The van der Waals surface area contributed by atoms with Crippen LogP contribution in [0.2, 0.25) is 0 Å². The molecule has 0 aliphatic carbocycles. The first-order valence-corrected chi connectivity index (χ1v) is 8.26. The molecule has 0 bridgehead atoms. The van der Waals surface area contributed by atoms with Crippen LogP contribution in [-0.2, 0) is 11.2 Å². The van der Waals surface area contributed by atoms with Crippen molar-refractivity contribution in [2.75, 3.05) is 26.1 Å². The lowest BCUT2D eigenvalue weighted by Crippen LogP contribution is -2.23. The van der Waals surface area contributed by atoms with Gasteiger partial charge in [0.15, 0.2) is 11.5 Å². The lowest BCUT2D eigenvalue weighted by atomic mass is 9.99. The molecule has 0 spiro atoms. The number of carbonyl (C=O) groups is 1. The summed E-state index contributed by atoms with van der Waals surface area (Å²) in [4.78, 5) is 12.5. The second kappa shape index (κ2) is 9.33. The number of amides is 1. The van der Waals surface area contributed by atoms with Crippen LogP contribution >= 0.6 is 0 Å². The van der Waals surface area contributed by atoms with Crippen LogP contribution in [0, 0.1) is 17.2 Å². The summed E-state index contributed by atoms with van der Waals surface area (Å²) in [6.45, 7) is 2.36. The third kappa shape index (κ3) is 4.67. The predicted octanol–water partition coefficient (Wildman–Crippen LogP) is 3.42. The number of carbonyl (C=O) groups excluding carboxylic acids is 1. The number of benzene rings is 2. The fourth-order valence-corrected chi connectivity index (χ4v) is 2.51. The Labute approximate surface area is 153 Å². The first-order chi connectivity index (χ1) is 12.6. The molecule has 1 amide bonds. The Hall–Kier alpha value is -3.20. The Morgan fingerprint density at radius 2 is 1.85 bits per heavy atom. The standard InChI is InChI=1S/C20H22N2O4/c1-4-26-17-8-6-5-7-16(17)22-20(23)15(13-21)11-14-9-10-18(24-2)19(12-14)25-3/h5-10,12,15H,4,11H2,1-3H3,(H,22,23)/t15-/m1/s1. The highest BCUT2D eigenvalue weighted by Gasteiger charge is 2.20. The Kier molecular flexibility index (Phi) is 6.86. The molecule has 0 aliphatic heterocycles. The van der Waals surface area contributed by atoms with E-state index in [0.29, 0.717) is 29.5 Å². The van der Waals surface area contributed by atoms with Crippen molar-refractivity contribution >= 4 is 11.6 Å². The average Bonchev–Trinajstić information content (AvgIpc) is 2.67. The molecule has 2 aromatic carbocycles. The van der Waals surface area contributed by atoms with Gasteiger partial charge in [-0.3, -0.25) is 4.79 Å². The van der Waals surface area contributed by atoms with Crippen molar-refractivity contribution in [1.29, 1.82) is 5.26 Å². The summed E-state index contributed by atoms with van der Waals surface area (Å²) < 4.78 is 16.0. The summed E-state index contributed by atoms with van der Waals surface area (Å²) in [5, 5.41) is 12.2. The minimum Gasteiger partial charge on any atom is -0.493 e. The number of hydrogen-bond acceptors (Lipinski definition) is 5. The molecule has 6 nitrogen and oxygen atoms in total. The molecule has 26 heavy (non-hydrogen) atoms. The van der Waals surface area contributed by atoms with E-state index in [1.807, 2.05) is 19.1 Å². The van der Waals surface area contributed by atoms with Crippen molar-refractivity contribution in [1.82, 2.24) is 0 Å². The molecule has 136 valence electrons. The van der Waals surface area contributed by atoms with Gasteiger partial charge in [-0.25, -0.2) is 0 Å². The maximum atomic E-state index is 12.5. The minimum absolute atomic E-state index is 0.263. The van der Waals surface area contributed by atoms with Crippen LogP contribution in [0.15, 0.2) is 42.5 Å². The van der Waals surface area contributed by atoms with E-state index >= 15 is 0 Å². The molecule has 0 saturated heterocycles. The smallest absolute Gasteiger partial charge is 0.242 e. The summed E-state index contributed by atoms with van der Waals surface area (Å²) in [6.07, 6.45) is 0.263. The van der Waals surface area contributed by atoms with Crippen LogP contribution in [0.3, 0.4) is 0 Å². The van der Waals surface area contributed by atoms with Gasteiger partial charge in [0.2, 0.25) is 5.91 Å². The van der Waals surface area contributed by atoms with Gasteiger partial charge in [0.25, 0.3) is 0 Å². The van der Waals surface area contributed by atoms with Gasteiger partial charge in [0.1, 0.15) is 11.7 Å². The molecular formula is C20H22N2O4. The van der Waals surface area contributed by atoms with Crippen molar-refractivity contribution in [3.63, 3.8) is 0 Å². The van der Waals surface area contributed by atoms with Crippen molar-refractivity contribution in [2.24, 2.45) is 5.92 Å². The van der Waals surface area contributed by atoms with E-state index in [2.05, 4.69) is 11.4 Å². The fraction of sp³-hybridized carbons (Fsp3) is 0.300. The van der Waals surface area contributed by atoms with Gasteiger partial charge in [0.05, 0.1) is 32.6 Å². The lowest BCUT2D eigenvalue weighted by molar-refractivity contribution is -0.118. The van der Waals surface area contributed by atoms with Gasteiger partial charge >= 0.3 is 0 Å². The molecule has 0 saturated carbocycles. The average molecular weight is 354 g/mol. The second-order valence-corrected chi connectivity index (χ2v) is 5.49. The van der Waals surface area contributed by atoms with Crippen molar-refractivity contribution in [3.05, 3.63) is 48.0 Å². The lowest BCUT2D eigenvalue weighted by Gasteiger charge is -2.14. The predicted molar refractivity (Wildman–Crippen MR) is 98.6 cm³/mol. The van der Waals surface area contributed by atoms with Crippen LogP contribution in [0.5, 0.6) is 17.2 Å². The van der Waals surface area contributed by atoms with Gasteiger partial charge in [-0.1, -0.05) is 18.2 Å². The minimum atomic E-state index is -0.845. The molecule has 6 heteroatoms. The number of methoxy groups -OCH3 is 2. The van der Waals surface area contributed by atoms with Crippen molar-refractivity contribution in [3.8, 4) is 23.3 Å². The zero-order chi connectivity index (χ0) is 18.9. The molecule has 1 atom stereocenters. The van der Waals surface area contributed by atoms with E-state index in [1.54, 1.807) is 44.6 Å². The zero-order valence-electron chi connectivity index (χ0n) is 15.1. The quantitative estimate of drug-likeness (QED) is 0.785. The number of nitrogens with one attached hydrogen (secondary N) is 1. The highest BCUT2D eigenvalue weighted by molar-refractivity contribution is 5.95. The number of nitrogens with zero attached hydrogens (tertiary/aromatic N) is 1. The van der Waals surface area contributed by atoms with E-state index < -0.39 is 5.92 Å². The first kappa shape index (κ1) is 19.1. The van der Waals surface area contributed by atoms with Gasteiger partial charge in [-0.05, 0) is 43.2 Å². The molecule has 2 rings (SSSR count). The molecule has 0 heterocycles. The van der Waals surface area contributed by atoms with Crippen LogP contribution in [0.4, 0.5) is 5.69 Å². The van der Waals surface area contributed by atoms with E-state index in [1.165, 1.54) is 0 Å². The van der Waals surface area contributed by atoms with Crippen LogP contribution < -0.4 is 19.5 Å². The largest absolute Gasteiger partial charge is 0.493 e. The first-order valence-electron chi connectivity index (χ1n) is 8.26. The van der Waals surface area contributed by atoms with E-state index in [9.17, 15) is 10.1 Å². The molecule has 0 aliphatic rings. The summed E-state index contributed by atoms with van der Waals surface area (Å²) in [6, 6.07) is 14.5. The molecule has 2 aromatic rings. The van der Waals surface area contributed by atoms with Gasteiger partial charge in [-0.2, -0.15) is 5.26 Å². The summed E-state index contributed by atoms with van der Waals surface area (Å²) in [5.74, 6) is 0.506. The van der Waals surface area contributed by atoms with Crippen molar-refractivity contribution < 1.29 is 19.0 Å². The second-order valence-electron chi connectivity index (χ2n) is 5.49. The summed E-state index contributed by atoms with van der Waals surface area (Å²) >= 11 is 0. The topological polar surface area (TPSA) is 80.6 Å². The monoisotopic (exact) mass is 354 g/mol. The Morgan fingerprint density at radius 3 is 2.50 bits per heavy atom. The third-order valence-corrected chi connectivity index (χ3v) is 3.80. The van der Waals surface area contributed by atoms with E-state index in [-0.39, 0.29) is 12.3 Å². The SMILES string of the molecule is CCOc1ccccc1NC(=O)[C@@H](C#N)Cc1ccc(OC)c(OC)c1. The Morgan fingerprint density at radius 1 is 1.12 bits per heavy atom. The molecule has 0 fully saturated rings. The highest BCUT2D eigenvalue weighted by atomic mass is 16.5. The molecule has 0 aromatic heterocycles. The number of nitriles is 1. The Bertz CT molecular complexity index is 799. The number of hydrogen-bond donors (Lipinski definition) is 1. The third-order valence-electron chi connectivity index (χ3n) is 3.80. The van der Waals surface area contributed by atoms with Crippen LogP contribution in [0.1, 0.15) is 12.5 Å². The normalized spacial score (nSPS) is 11.2. The molecule has 1 N–H and O–H groups in total. The van der Waals surface area contributed by atoms with Gasteiger partial charge < -0.3 is 19.5 Å². The van der Waals surface area contributed by atoms with Gasteiger partial charge in [0, 0.05) is 0 Å². The maximum Gasteiger partial charge on any atom is 0.242 e. The van der Waals surface area contributed by atoms with E-state index in [4.69, 9.17) is 14.2 Å². The number of anilines is 1. The number of para-hydroxylation sites is 2. The molecule has 0 unspecified atom stereocenters. The number of ether oxygens (including phenoxy) is 3. The van der Waals surface area contributed by atoms with E-state index in [0.717, 1.165) is 5.56 Å². The fourth-order valence-electron chi connectivity index (χ4n) is 2.51. The molecular weight excluding hydrogens is 332 g/mol. The molecule has 0 radical (unpaired) electrons. The zero-order valence-corrected chi connectivity index (χ0v) is 15.1. The van der Waals surface area contributed by atoms with Gasteiger partial charge in [-0.15, -0.1) is 0 Å². The van der Waals surface area contributed by atoms with Crippen LogP contribution in [-0.4, -0.2) is 26.7 Å². The van der Waals surface area contributed by atoms with Crippen LogP contribution in [0.25, 0.3) is 0 Å².